The number of nitrogen functional groups attached to an aromatic ring is 1. The van der Waals surface area contributed by atoms with Crippen LogP contribution in [0.2, 0.25) is 0 Å². The summed E-state index contributed by atoms with van der Waals surface area (Å²) in [4.78, 5) is 18.1. The summed E-state index contributed by atoms with van der Waals surface area (Å²) in [6.07, 6.45) is 5.31. The van der Waals surface area contributed by atoms with Crippen LogP contribution in [0, 0.1) is 0 Å². The first-order chi connectivity index (χ1) is 10.7. The number of pyridine rings is 1. The van der Waals surface area contributed by atoms with Crippen LogP contribution in [-0.2, 0) is 6.42 Å². The Morgan fingerprint density at radius 3 is 2.73 bits per heavy atom. The van der Waals surface area contributed by atoms with Gasteiger partial charge in [0.2, 0.25) is 5.95 Å². The number of anilines is 3. The van der Waals surface area contributed by atoms with Crippen molar-refractivity contribution in [3.8, 4) is 11.3 Å². The molecule has 2 N–H and O–H groups in total. The number of likely N-dealkylation sites (N-methyl/N-ethyl adjacent to an activating group) is 1. The Labute approximate surface area is 130 Å². The summed E-state index contributed by atoms with van der Waals surface area (Å²) in [7, 11) is 2.08. The lowest BCUT2D eigenvalue weighted by Crippen LogP contribution is -2.21. The molecule has 0 amide bonds. The molecule has 0 unspecified atom stereocenters. The van der Waals surface area contributed by atoms with Gasteiger partial charge in [-0.1, -0.05) is 0 Å². The van der Waals surface area contributed by atoms with E-state index in [1.54, 1.807) is 0 Å². The lowest BCUT2D eigenvalue weighted by Gasteiger charge is -2.16. The summed E-state index contributed by atoms with van der Waals surface area (Å²) in [6.45, 7) is 3.04. The van der Waals surface area contributed by atoms with Crippen LogP contribution in [0.5, 0.6) is 0 Å². The summed E-state index contributed by atoms with van der Waals surface area (Å²) < 4.78 is 0. The zero-order valence-electron chi connectivity index (χ0n) is 12.8. The third-order valence-corrected chi connectivity index (χ3v) is 4.44. The van der Waals surface area contributed by atoms with Crippen molar-refractivity contribution in [1.82, 2.24) is 15.0 Å². The third-order valence-electron chi connectivity index (χ3n) is 4.44. The molecule has 6 nitrogen and oxygen atoms in total. The topological polar surface area (TPSA) is 71.2 Å². The minimum absolute atomic E-state index is 0.518. The lowest BCUT2D eigenvalue weighted by molar-refractivity contribution is 0.902. The fraction of sp³-hybridized carbons (Fsp3) is 0.438. The Hall–Kier alpha value is -2.37. The molecule has 1 saturated heterocycles. The summed E-state index contributed by atoms with van der Waals surface area (Å²) >= 11 is 0. The maximum atomic E-state index is 5.99. The highest BCUT2D eigenvalue weighted by Crippen LogP contribution is 2.29. The minimum atomic E-state index is 0.518. The molecular weight excluding hydrogens is 276 g/mol. The van der Waals surface area contributed by atoms with Gasteiger partial charge in [-0.3, -0.25) is 0 Å². The number of rotatable bonds is 2. The highest BCUT2D eigenvalue weighted by atomic mass is 15.3. The van der Waals surface area contributed by atoms with E-state index >= 15 is 0 Å². The number of nitrogens with zero attached hydrogens (tertiary/aromatic N) is 5. The molecule has 0 aromatic carbocycles. The van der Waals surface area contributed by atoms with Crippen LogP contribution in [0.25, 0.3) is 11.3 Å². The highest BCUT2D eigenvalue weighted by Gasteiger charge is 2.20. The minimum Gasteiger partial charge on any atom is -0.384 e. The molecule has 1 fully saturated rings. The Bertz CT molecular complexity index is 708. The second-order valence-electron chi connectivity index (χ2n) is 6.05. The van der Waals surface area contributed by atoms with E-state index in [2.05, 4.69) is 32.9 Å². The van der Waals surface area contributed by atoms with Gasteiger partial charge in [0.15, 0.2) is 0 Å². The van der Waals surface area contributed by atoms with Crippen molar-refractivity contribution in [2.75, 3.05) is 42.2 Å². The Morgan fingerprint density at radius 2 is 1.91 bits per heavy atom. The third kappa shape index (κ3) is 2.24. The van der Waals surface area contributed by atoms with Crippen LogP contribution in [0.3, 0.4) is 0 Å². The molecule has 6 heteroatoms. The van der Waals surface area contributed by atoms with Gasteiger partial charge in [0.25, 0.3) is 0 Å². The van der Waals surface area contributed by atoms with Gasteiger partial charge in [-0.25, -0.2) is 9.97 Å². The SMILES string of the molecule is CN1CCc2cc(-c3cc(N)nc(N4CCCC4)n3)cnc21. The van der Waals surface area contributed by atoms with Gasteiger partial charge in [0.05, 0.1) is 5.69 Å². The van der Waals surface area contributed by atoms with Crippen molar-refractivity contribution >= 4 is 17.6 Å². The largest absolute Gasteiger partial charge is 0.384 e. The van der Waals surface area contributed by atoms with Gasteiger partial charge in [-0.05, 0) is 30.9 Å². The maximum Gasteiger partial charge on any atom is 0.227 e. The quantitative estimate of drug-likeness (QED) is 0.909. The van der Waals surface area contributed by atoms with Crippen molar-refractivity contribution < 1.29 is 0 Å². The maximum absolute atomic E-state index is 5.99. The van der Waals surface area contributed by atoms with Crippen LogP contribution in [-0.4, -0.2) is 41.6 Å². The molecule has 0 aliphatic carbocycles. The number of hydrogen-bond acceptors (Lipinski definition) is 6. The first kappa shape index (κ1) is 13.3. The molecule has 0 radical (unpaired) electrons. The first-order valence-corrected chi connectivity index (χ1v) is 7.80. The van der Waals surface area contributed by atoms with E-state index in [-0.39, 0.29) is 0 Å². The fourth-order valence-corrected chi connectivity index (χ4v) is 3.22. The molecule has 2 aliphatic heterocycles. The van der Waals surface area contributed by atoms with Crippen molar-refractivity contribution in [1.29, 1.82) is 0 Å². The molecule has 22 heavy (non-hydrogen) atoms. The van der Waals surface area contributed by atoms with Crippen LogP contribution in [0.15, 0.2) is 18.3 Å². The molecule has 2 aliphatic rings. The molecule has 0 bridgehead atoms. The van der Waals surface area contributed by atoms with Crippen molar-refractivity contribution in [2.45, 2.75) is 19.3 Å². The Balaban J connectivity index is 1.73. The lowest BCUT2D eigenvalue weighted by atomic mass is 10.1. The predicted molar refractivity (Wildman–Crippen MR) is 88.1 cm³/mol. The van der Waals surface area contributed by atoms with Gasteiger partial charge in [0.1, 0.15) is 11.6 Å². The standard InChI is InChI=1S/C16H20N6/c1-21-7-4-11-8-12(10-18-15(11)21)13-9-14(17)20-16(19-13)22-5-2-3-6-22/h8-10H,2-7H2,1H3,(H2,17,19,20). The van der Waals surface area contributed by atoms with Crippen molar-refractivity contribution in [3.05, 3.63) is 23.9 Å². The van der Waals surface area contributed by atoms with Gasteiger partial charge < -0.3 is 15.5 Å². The molecule has 2 aromatic rings. The molecule has 0 atom stereocenters. The summed E-state index contributed by atoms with van der Waals surface area (Å²) in [5, 5.41) is 0. The van der Waals surface area contributed by atoms with E-state index in [0.717, 1.165) is 49.1 Å². The summed E-state index contributed by atoms with van der Waals surface area (Å²) in [5.74, 6) is 2.33. The molecule has 114 valence electrons. The average Bonchev–Trinajstić information content (AvgIpc) is 3.17. The summed E-state index contributed by atoms with van der Waals surface area (Å²) in [6, 6.07) is 4.02. The predicted octanol–water partition coefficient (Wildman–Crippen LogP) is 1.71. The van der Waals surface area contributed by atoms with Gasteiger partial charge in [-0.15, -0.1) is 0 Å². The number of nitrogens with two attached hydrogens (primary N) is 1. The van der Waals surface area contributed by atoms with Crippen LogP contribution in [0.1, 0.15) is 18.4 Å². The van der Waals surface area contributed by atoms with E-state index in [1.165, 1.54) is 18.4 Å². The van der Waals surface area contributed by atoms with Gasteiger partial charge in [-0.2, -0.15) is 4.98 Å². The zero-order valence-corrected chi connectivity index (χ0v) is 12.8. The summed E-state index contributed by atoms with van der Waals surface area (Å²) in [5.41, 5.74) is 9.15. The number of fused-ring (bicyclic) bond motifs is 1. The van der Waals surface area contributed by atoms with Gasteiger partial charge >= 0.3 is 0 Å². The Morgan fingerprint density at radius 1 is 1.09 bits per heavy atom. The van der Waals surface area contributed by atoms with Crippen molar-refractivity contribution in [2.24, 2.45) is 0 Å². The van der Waals surface area contributed by atoms with Crippen LogP contribution < -0.4 is 15.5 Å². The normalized spacial score (nSPS) is 17.1. The smallest absolute Gasteiger partial charge is 0.227 e. The fourth-order valence-electron chi connectivity index (χ4n) is 3.22. The van der Waals surface area contributed by atoms with E-state index in [1.807, 2.05) is 12.3 Å². The van der Waals surface area contributed by atoms with Crippen LogP contribution >= 0.6 is 0 Å². The van der Waals surface area contributed by atoms with E-state index in [0.29, 0.717) is 5.82 Å². The number of hydrogen-bond donors (Lipinski definition) is 1. The van der Waals surface area contributed by atoms with Crippen molar-refractivity contribution in [3.63, 3.8) is 0 Å². The highest BCUT2D eigenvalue weighted by molar-refractivity contribution is 5.67. The van der Waals surface area contributed by atoms with Gasteiger partial charge in [0, 0.05) is 44.5 Å². The molecular formula is C16H20N6. The Kier molecular flexibility index (Phi) is 3.10. The second kappa shape index (κ2) is 5.12. The van der Waals surface area contributed by atoms with Crippen LogP contribution in [0.4, 0.5) is 17.6 Å². The molecule has 4 heterocycles. The molecule has 0 spiro atoms. The van der Waals surface area contributed by atoms with E-state index < -0.39 is 0 Å². The number of aromatic nitrogens is 3. The molecule has 2 aromatic heterocycles. The zero-order chi connectivity index (χ0) is 15.1. The molecule has 4 rings (SSSR count). The van der Waals surface area contributed by atoms with E-state index in [4.69, 9.17) is 10.7 Å². The van der Waals surface area contributed by atoms with E-state index in [9.17, 15) is 0 Å². The first-order valence-electron chi connectivity index (χ1n) is 7.80. The average molecular weight is 296 g/mol. The molecule has 0 saturated carbocycles. The monoisotopic (exact) mass is 296 g/mol. The second-order valence-corrected chi connectivity index (χ2v) is 6.05.